The van der Waals surface area contributed by atoms with Crippen molar-refractivity contribution in [3.8, 4) is 6.07 Å². The van der Waals surface area contributed by atoms with Gasteiger partial charge in [-0.1, -0.05) is 18.5 Å². The highest BCUT2D eigenvalue weighted by molar-refractivity contribution is 8.00. The van der Waals surface area contributed by atoms with Crippen molar-refractivity contribution in [2.75, 3.05) is 11.5 Å². The molecule has 1 rings (SSSR count). The zero-order chi connectivity index (χ0) is 15.2. The van der Waals surface area contributed by atoms with Gasteiger partial charge in [0.25, 0.3) is 10.0 Å². The van der Waals surface area contributed by atoms with Gasteiger partial charge in [0.1, 0.15) is 6.07 Å². The molecule has 0 saturated heterocycles. The van der Waals surface area contributed by atoms with Crippen molar-refractivity contribution in [2.45, 2.75) is 18.2 Å². The number of nitrogens with zero attached hydrogens (tertiary/aromatic N) is 1. The van der Waals surface area contributed by atoms with E-state index in [1.54, 1.807) is 0 Å². The van der Waals surface area contributed by atoms with E-state index in [9.17, 15) is 13.2 Å². The molecule has 20 heavy (non-hydrogen) atoms. The molecular weight excluding hydrogens is 320 g/mol. The summed E-state index contributed by atoms with van der Waals surface area (Å²) in [5, 5.41) is 8.75. The number of nitrogens with one attached hydrogen (secondary N) is 1. The zero-order valence-corrected chi connectivity index (χ0v) is 13.1. The molecule has 0 aliphatic carbocycles. The maximum absolute atomic E-state index is 11.9. The number of rotatable bonds is 6. The van der Waals surface area contributed by atoms with Crippen LogP contribution < -0.4 is 4.72 Å². The van der Waals surface area contributed by atoms with Gasteiger partial charge in [-0.25, -0.2) is 13.1 Å². The van der Waals surface area contributed by atoms with Crippen LogP contribution in [0.1, 0.15) is 18.9 Å². The van der Waals surface area contributed by atoms with E-state index in [0.717, 1.165) is 18.2 Å². The zero-order valence-electron chi connectivity index (χ0n) is 10.7. The predicted molar refractivity (Wildman–Crippen MR) is 79.1 cm³/mol. The third-order valence-electron chi connectivity index (χ3n) is 2.20. The summed E-state index contributed by atoms with van der Waals surface area (Å²) in [5.74, 6) is 0.289. The Kier molecular flexibility index (Phi) is 6.33. The summed E-state index contributed by atoms with van der Waals surface area (Å²) in [4.78, 5) is 11.4. The Balaban J connectivity index is 2.82. The number of sulfonamides is 1. The predicted octanol–water partition coefficient (Wildman–Crippen LogP) is 2.16. The molecular formula is C12H13ClN2O3S2. The van der Waals surface area contributed by atoms with Crippen LogP contribution in [-0.4, -0.2) is 25.8 Å². The summed E-state index contributed by atoms with van der Waals surface area (Å²) >= 11 is 7.13. The molecule has 1 amide bonds. The highest BCUT2D eigenvalue weighted by Crippen LogP contribution is 2.20. The lowest BCUT2D eigenvalue weighted by atomic mass is 10.2. The Hall–Kier alpha value is -1.23. The minimum Gasteiger partial charge on any atom is -0.273 e. The van der Waals surface area contributed by atoms with Crippen LogP contribution in [-0.2, 0) is 14.8 Å². The fourth-order valence-electron chi connectivity index (χ4n) is 1.30. The van der Waals surface area contributed by atoms with Gasteiger partial charge in [0.2, 0.25) is 5.91 Å². The van der Waals surface area contributed by atoms with Gasteiger partial charge in [-0.15, -0.1) is 0 Å². The second-order valence-corrected chi connectivity index (χ2v) is 7.03. The van der Waals surface area contributed by atoms with Crippen molar-refractivity contribution < 1.29 is 13.2 Å². The first kappa shape index (κ1) is 16.8. The summed E-state index contributed by atoms with van der Waals surface area (Å²) in [7, 11) is -3.95. The van der Waals surface area contributed by atoms with Crippen LogP contribution >= 0.6 is 23.4 Å². The maximum Gasteiger partial charge on any atom is 0.264 e. The number of thioether (sulfide) groups is 1. The first-order chi connectivity index (χ1) is 9.40. The van der Waals surface area contributed by atoms with Crippen LogP contribution in [0.5, 0.6) is 0 Å². The number of hydrogen-bond acceptors (Lipinski definition) is 5. The smallest absolute Gasteiger partial charge is 0.264 e. The average Bonchev–Trinajstić information content (AvgIpc) is 2.38. The summed E-state index contributed by atoms with van der Waals surface area (Å²) in [5.41, 5.74) is 0.176. The van der Waals surface area contributed by atoms with Crippen LogP contribution in [0.15, 0.2) is 23.1 Å². The van der Waals surface area contributed by atoms with Crippen molar-refractivity contribution >= 4 is 39.3 Å². The molecule has 0 spiro atoms. The first-order valence-electron chi connectivity index (χ1n) is 5.73. The third kappa shape index (κ3) is 4.71. The molecule has 0 aromatic heterocycles. The van der Waals surface area contributed by atoms with E-state index >= 15 is 0 Å². The molecule has 0 aliphatic rings. The fourth-order valence-corrected chi connectivity index (χ4v) is 3.38. The lowest BCUT2D eigenvalue weighted by molar-refractivity contribution is -0.116. The molecule has 0 radical (unpaired) electrons. The van der Waals surface area contributed by atoms with Gasteiger partial charge in [0, 0.05) is 0 Å². The van der Waals surface area contributed by atoms with Gasteiger partial charge >= 0.3 is 0 Å². The summed E-state index contributed by atoms with van der Waals surface area (Å²) in [6.07, 6.45) is 0.913. The molecule has 108 valence electrons. The van der Waals surface area contributed by atoms with E-state index in [1.165, 1.54) is 23.9 Å². The monoisotopic (exact) mass is 332 g/mol. The minimum absolute atomic E-state index is 0.0307. The molecule has 8 heteroatoms. The molecule has 0 saturated carbocycles. The molecule has 1 aromatic rings. The highest BCUT2D eigenvalue weighted by atomic mass is 35.5. The minimum atomic E-state index is -3.95. The van der Waals surface area contributed by atoms with E-state index in [1.807, 2.05) is 17.7 Å². The van der Waals surface area contributed by atoms with E-state index in [2.05, 4.69) is 0 Å². The largest absolute Gasteiger partial charge is 0.273 e. The lowest BCUT2D eigenvalue weighted by Crippen LogP contribution is -2.32. The third-order valence-corrected chi connectivity index (χ3v) is 5.05. The lowest BCUT2D eigenvalue weighted by Gasteiger charge is -2.07. The maximum atomic E-state index is 11.9. The Bertz CT molecular complexity index is 639. The number of nitriles is 1. The number of amides is 1. The van der Waals surface area contributed by atoms with Crippen molar-refractivity contribution in [3.05, 3.63) is 28.8 Å². The standard InChI is InChI=1S/C12H13ClN2O3S2/c1-2-5-19-8-12(16)15-20(17,18)10-4-3-9(7-14)11(13)6-10/h3-4,6H,2,5,8H2,1H3,(H,15,16). The van der Waals surface area contributed by atoms with Gasteiger partial charge in [0.15, 0.2) is 0 Å². The van der Waals surface area contributed by atoms with Gasteiger partial charge in [-0.05, 0) is 30.4 Å². The van der Waals surface area contributed by atoms with E-state index in [4.69, 9.17) is 16.9 Å². The van der Waals surface area contributed by atoms with E-state index < -0.39 is 15.9 Å². The Morgan fingerprint density at radius 2 is 2.20 bits per heavy atom. The van der Waals surface area contributed by atoms with Gasteiger partial charge in [-0.3, -0.25) is 4.79 Å². The summed E-state index contributed by atoms with van der Waals surface area (Å²) < 4.78 is 25.9. The van der Waals surface area contributed by atoms with Crippen molar-refractivity contribution in [3.63, 3.8) is 0 Å². The number of benzene rings is 1. The van der Waals surface area contributed by atoms with Gasteiger partial charge in [-0.2, -0.15) is 17.0 Å². The molecule has 0 heterocycles. The van der Waals surface area contributed by atoms with E-state index in [-0.39, 0.29) is 21.2 Å². The number of hydrogen-bond donors (Lipinski definition) is 1. The second-order valence-electron chi connectivity index (χ2n) is 3.83. The Morgan fingerprint density at radius 1 is 1.50 bits per heavy atom. The van der Waals surface area contributed by atoms with Crippen LogP contribution in [0.3, 0.4) is 0 Å². The van der Waals surface area contributed by atoms with Crippen LogP contribution in [0.25, 0.3) is 0 Å². The molecule has 1 aromatic carbocycles. The van der Waals surface area contributed by atoms with Crippen LogP contribution in [0, 0.1) is 11.3 Å². The topological polar surface area (TPSA) is 87.0 Å². The highest BCUT2D eigenvalue weighted by Gasteiger charge is 2.18. The molecule has 0 aliphatic heterocycles. The number of carbonyl (C=O) groups is 1. The van der Waals surface area contributed by atoms with Crippen LogP contribution in [0.2, 0.25) is 5.02 Å². The SMILES string of the molecule is CCCSCC(=O)NS(=O)(=O)c1ccc(C#N)c(Cl)c1. The molecule has 1 N–H and O–H groups in total. The van der Waals surface area contributed by atoms with Crippen molar-refractivity contribution in [1.29, 1.82) is 5.26 Å². The van der Waals surface area contributed by atoms with Crippen molar-refractivity contribution in [1.82, 2.24) is 4.72 Å². The first-order valence-corrected chi connectivity index (χ1v) is 8.75. The average molecular weight is 333 g/mol. The van der Waals surface area contributed by atoms with Crippen molar-refractivity contribution in [2.24, 2.45) is 0 Å². The van der Waals surface area contributed by atoms with Gasteiger partial charge in [0.05, 0.1) is 21.2 Å². The molecule has 5 nitrogen and oxygen atoms in total. The summed E-state index contributed by atoms with van der Waals surface area (Å²) in [6, 6.07) is 5.51. The molecule has 0 fully saturated rings. The molecule has 0 unspecified atom stereocenters. The quantitative estimate of drug-likeness (QED) is 0.806. The number of carbonyl (C=O) groups excluding carboxylic acids is 1. The molecule has 0 bridgehead atoms. The number of halogens is 1. The van der Waals surface area contributed by atoms with E-state index in [0.29, 0.717) is 0 Å². The van der Waals surface area contributed by atoms with Crippen LogP contribution in [0.4, 0.5) is 0 Å². The normalized spacial score (nSPS) is 10.8. The fraction of sp³-hybridized carbons (Fsp3) is 0.333. The Morgan fingerprint density at radius 3 is 2.75 bits per heavy atom. The molecule has 0 atom stereocenters. The summed E-state index contributed by atoms with van der Waals surface area (Å²) in [6.45, 7) is 1.97. The second kappa shape index (κ2) is 7.53. The van der Waals surface area contributed by atoms with Gasteiger partial charge < -0.3 is 0 Å². The Labute approximate surface area is 127 Å².